The number of fused-ring (bicyclic) bond motifs is 1. The smallest absolute Gasteiger partial charge is 0.362 e. The van der Waals surface area contributed by atoms with Crippen molar-refractivity contribution in [3.8, 4) is 11.6 Å². The van der Waals surface area contributed by atoms with Gasteiger partial charge in [0.05, 0.1) is 19.3 Å². The van der Waals surface area contributed by atoms with Crippen LogP contribution in [0.15, 0.2) is 30.5 Å². The summed E-state index contributed by atoms with van der Waals surface area (Å²) in [7, 11) is -2.86. The van der Waals surface area contributed by atoms with Crippen molar-refractivity contribution in [2.45, 2.75) is 123 Å². The Kier molecular flexibility index (Phi) is 10.6. The Morgan fingerprint density at radius 1 is 1.08 bits per heavy atom. The molecule has 1 aromatic carbocycles. The molecule has 0 spiro atoms. The number of amides is 4. The van der Waals surface area contributed by atoms with Crippen LogP contribution in [-0.2, 0) is 33.7 Å². The maximum atomic E-state index is 14.5. The zero-order chi connectivity index (χ0) is 38.4. The van der Waals surface area contributed by atoms with Gasteiger partial charge < -0.3 is 25.0 Å². The summed E-state index contributed by atoms with van der Waals surface area (Å²) in [6, 6.07) is 5.16. The van der Waals surface area contributed by atoms with Crippen molar-refractivity contribution >= 4 is 44.7 Å². The molecule has 1 aromatic heterocycles. The molecule has 2 heterocycles. The van der Waals surface area contributed by atoms with Gasteiger partial charge in [-0.2, -0.15) is 8.42 Å². The molecular weight excluding hydrogens is 691 g/mol. The summed E-state index contributed by atoms with van der Waals surface area (Å²) >= 11 is 0. The Morgan fingerprint density at radius 3 is 2.35 bits per heavy atom. The quantitative estimate of drug-likeness (QED) is 0.273. The van der Waals surface area contributed by atoms with E-state index in [1.165, 1.54) is 4.90 Å². The van der Waals surface area contributed by atoms with Gasteiger partial charge in [-0.1, -0.05) is 54.9 Å². The second-order valence-corrected chi connectivity index (χ2v) is 18.3. The average Bonchev–Trinajstić information content (AvgIpc) is 3.90. The number of nitrogens with zero attached hydrogens (tertiary/aromatic N) is 2. The van der Waals surface area contributed by atoms with Crippen LogP contribution in [0.5, 0.6) is 11.6 Å². The van der Waals surface area contributed by atoms with Crippen molar-refractivity contribution in [3.63, 3.8) is 0 Å². The van der Waals surface area contributed by atoms with Crippen LogP contribution in [0.1, 0.15) is 93.9 Å². The predicted octanol–water partition coefficient (Wildman–Crippen LogP) is 3.77. The molecular formula is C37H53N5O9S. The normalized spacial score (nSPS) is 24.5. The third kappa shape index (κ3) is 8.96. The maximum absolute atomic E-state index is 14.5. The van der Waals surface area contributed by atoms with Crippen molar-refractivity contribution in [3.05, 3.63) is 30.5 Å². The molecule has 15 heteroatoms. The number of ether oxygens (including phenoxy) is 2. The van der Waals surface area contributed by atoms with E-state index in [-0.39, 0.29) is 43.0 Å². The third-order valence-corrected chi connectivity index (χ3v) is 11.1. The van der Waals surface area contributed by atoms with Gasteiger partial charge in [0.25, 0.3) is 5.91 Å². The number of benzene rings is 1. The minimum Gasteiger partial charge on any atom is -0.497 e. The predicted molar refractivity (Wildman–Crippen MR) is 193 cm³/mol. The van der Waals surface area contributed by atoms with Crippen LogP contribution in [0.4, 0.5) is 0 Å². The minimum atomic E-state index is -4.44. The minimum absolute atomic E-state index is 0.00985. The summed E-state index contributed by atoms with van der Waals surface area (Å²) in [6.07, 6.45) is 2.94. The molecule has 1 saturated heterocycles. The monoisotopic (exact) mass is 743 g/mol. The lowest BCUT2D eigenvalue weighted by atomic mass is 9.84. The number of nitrogens with one attached hydrogen (secondary N) is 3. The van der Waals surface area contributed by atoms with Gasteiger partial charge in [-0.15, -0.1) is 0 Å². The summed E-state index contributed by atoms with van der Waals surface area (Å²) in [5, 5.41) is 7.28. The highest BCUT2D eigenvalue weighted by molar-refractivity contribution is 7.85. The van der Waals surface area contributed by atoms with E-state index >= 15 is 0 Å². The fourth-order valence-electron chi connectivity index (χ4n) is 6.75. The highest BCUT2D eigenvalue weighted by atomic mass is 32.2. The molecule has 2 saturated carbocycles. The van der Waals surface area contributed by atoms with Crippen LogP contribution >= 0.6 is 0 Å². The molecule has 52 heavy (non-hydrogen) atoms. The number of carbonyl (C=O) groups excluding carboxylic acids is 4. The van der Waals surface area contributed by atoms with Gasteiger partial charge in [0.1, 0.15) is 29.5 Å². The lowest BCUT2D eigenvalue weighted by Gasteiger charge is -2.36. The summed E-state index contributed by atoms with van der Waals surface area (Å²) in [5.41, 5.74) is -3.43. The van der Waals surface area contributed by atoms with Crippen LogP contribution in [0.2, 0.25) is 0 Å². The number of pyridine rings is 1. The average molecular weight is 744 g/mol. The van der Waals surface area contributed by atoms with Crippen molar-refractivity contribution in [2.75, 3.05) is 13.7 Å². The van der Waals surface area contributed by atoms with E-state index in [1.54, 1.807) is 26.3 Å². The number of hydrogen-bond acceptors (Lipinski definition) is 10. The largest absolute Gasteiger partial charge is 0.497 e. The number of methoxy groups -OCH3 is 1. The summed E-state index contributed by atoms with van der Waals surface area (Å²) in [6.45, 7) is 14.8. The van der Waals surface area contributed by atoms with Gasteiger partial charge in [-0.3, -0.25) is 19.2 Å². The van der Waals surface area contributed by atoms with Gasteiger partial charge in [0.15, 0.2) is 0 Å². The number of aromatic nitrogens is 1. The van der Waals surface area contributed by atoms with E-state index in [0.29, 0.717) is 36.3 Å². The number of likely N-dealkylation sites (tertiary alicyclic amines) is 1. The summed E-state index contributed by atoms with van der Waals surface area (Å²) < 4.78 is 44.5. The number of rotatable bonds is 13. The zero-order valence-electron chi connectivity index (χ0n) is 31.6. The Balaban J connectivity index is 1.43. The summed E-state index contributed by atoms with van der Waals surface area (Å²) in [4.78, 5) is 61.4. The topological polar surface area (TPSA) is 182 Å². The molecule has 5 rings (SSSR count). The van der Waals surface area contributed by atoms with Crippen molar-refractivity contribution < 1.29 is 41.3 Å². The molecule has 0 bridgehead atoms. The van der Waals surface area contributed by atoms with Gasteiger partial charge in [-0.05, 0) is 72.6 Å². The molecule has 2 aromatic rings. The first-order valence-electron chi connectivity index (χ1n) is 17.9. The van der Waals surface area contributed by atoms with Crippen LogP contribution < -0.4 is 24.8 Å². The number of hydrogen-bond donors (Lipinski definition) is 3. The maximum Gasteiger partial charge on any atom is 0.362 e. The highest BCUT2D eigenvalue weighted by Crippen LogP contribution is 2.47. The van der Waals surface area contributed by atoms with Crippen molar-refractivity contribution in [1.29, 1.82) is 0 Å². The fraction of sp³-hybridized carbons (Fsp3) is 0.649. The second-order valence-electron chi connectivity index (χ2n) is 17.0. The first-order chi connectivity index (χ1) is 24.1. The SMILES string of the molecule is CCC1C[C@]1(NC(=O)[C@@H]1C[C@@H](Oc2nccc3cc(OC)ccc23)CN1C(=O)[C@@H](NC(=O)CC(C)(C)C)C(C)(C)C)C(=O)NS(=O)(=O)OC1(C)CC1. The molecule has 14 nitrogen and oxygen atoms in total. The van der Waals surface area contributed by atoms with Crippen molar-refractivity contribution in [1.82, 2.24) is 25.2 Å². The van der Waals surface area contributed by atoms with Gasteiger partial charge in [-0.25, -0.2) is 13.9 Å². The van der Waals surface area contributed by atoms with E-state index in [0.717, 1.165) is 5.39 Å². The molecule has 0 radical (unpaired) electrons. The fourth-order valence-corrected chi connectivity index (χ4v) is 7.90. The summed E-state index contributed by atoms with van der Waals surface area (Å²) in [5.74, 6) is -1.68. The molecule has 3 N–H and O–H groups in total. The first-order valence-corrected chi connectivity index (χ1v) is 19.3. The second kappa shape index (κ2) is 14.1. The van der Waals surface area contributed by atoms with E-state index in [4.69, 9.17) is 13.7 Å². The lowest BCUT2D eigenvalue weighted by molar-refractivity contribution is -0.144. The van der Waals surface area contributed by atoms with Crippen LogP contribution in [0.25, 0.3) is 10.8 Å². The van der Waals surface area contributed by atoms with E-state index < -0.39 is 62.8 Å². The molecule has 3 aliphatic rings. The Bertz CT molecular complexity index is 1830. The van der Waals surface area contributed by atoms with Gasteiger partial charge in [0.2, 0.25) is 23.6 Å². The van der Waals surface area contributed by atoms with Crippen LogP contribution in [0.3, 0.4) is 0 Å². The van der Waals surface area contributed by atoms with Gasteiger partial charge in [0, 0.05) is 24.4 Å². The third-order valence-electron chi connectivity index (χ3n) is 10.0. The van der Waals surface area contributed by atoms with Crippen LogP contribution in [-0.4, -0.2) is 84.9 Å². The molecule has 5 atom stereocenters. The molecule has 286 valence electrons. The number of carbonyl (C=O) groups is 4. The first kappa shape index (κ1) is 39.2. The Labute approximate surface area is 306 Å². The molecule has 4 amide bonds. The van der Waals surface area contributed by atoms with Crippen LogP contribution in [0, 0.1) is 16.7 Å². The van der Waals surface area contributed by atoms with Crippen molar-refractivity contribution in [2.24, 2.45) is 16.7 Å². The zero-order valence-corrected chi connectivity index (χ0v) is 32.4. The highest BCUT2D eigenvalue weighted by Gasteiger charge is 2.62. The molecule has 2 aliphatic carbocycles. The van der Waals surface area contributed by atoms with E-state index in [2.05, 4.69) is 15.6 Å². The van der Waals surface area contributed by atoms with Gasteiger partial charge >= 0.3 is 10.3 Å². The Morgan fingerprint density at radius 2 is 1.77 bits per heavy atom. The van der Waals surface area contributed by atoms with E-state index in [1.807, 2.05) is 71.4 Å². The lowest BCUT2D eigenvalue weighted by Crippen LogP contribution is -2.60. The molecule has 1 unspecified atom stereocenters. The van der Waals surface area contributed by atoms with E-state index in [9.17, 15) is 27.6 Å². The molecule has 1 aliphatic heterocycles. The Hall–Kier alpha value is -3.98. The molecule has 3 fully saturated rings. The standard InChI is InChI=1S/C37H53N5O9S/c1-10-23-19-37(23,33(46)41-52(47,48)51-36(8)14-15-36)40-30(44)27-18-25(50-31-26-12-11-24(49-9)17-22(26)13-16-38-31)21-42(27)32(45)29(35(5,6)7)39-28(43)20-34(2,3)4/h11-13,16-17,23,25,27,29H,10,14-15,18-21H2,1-9H3,(H,39,43)(H,40,44)(H,41,46)/t23?,25-,27+,29-,37-/m1/s1.